The molecule has 1 radical (unpaired) electrons. The largest absolute Gasteiger partial charge is 0.478 e. The summed E-state index contributed by atoms with van der Waals surface area (Å²) < 4.78 is 0. The van der Waals surface area contributed by atoms with Gasteiger partial charge in [-0.2, -0.15) is 0 Å². The number of aromatic carboxylic acids is 1. The molecule has 167 valence electrons. The van der Waals surface area contributed by atoms with E-state index in [9.17, 15) is 19.5 Å². The van der Waals surface area contributed by atoms with Crippen LogP contribution in [0.4, 0.5) is 0 Å². The smallest absolute Gasteiger partial charge is 0.336 e. The number of hydrogen-bond donors (Lipinski definition) is 2. The van der Waals surface area contributed by atoms with E-state index in [1.54, 1.807) is 12.1 Å². The van der Waals surface area contributed by atoms with E-state index in [2.05, 4.69) is 15.5 Å². The van der Waals surface area contributed by atoms with Crippen LogP contribution in [-0.2, 0) is 4.79 Å². The fourth-order valence-electron chi connectivity index (χ4n) is 3.93. The minimum absolute atomic E-state index is 0.125. The lowest BCUT2D eigenvalue weighted by Crippen LogP contribution is -2.34. The molecular weight excluding hydrogens is 418 g/mol. The molecule has 3 aromatic rings. The molecule has 2 amide bonds. The van der Waals surface area contributed by atoms with Crippen LogP contribution in [0.5, 0.6) is 0 Å². The minimum atomic E-state index is -1.06. The first-order valence-corrected chi connectivity index (χ1v) is 10.6. The molecule has 0 saturated carbocycles. The third kappa shape index (κ3) is 4.78. The van der Waals surface area contributed by atoms with E-state index >= 15 is 0 Å². The molecular formula is C26H24N3O4. The molecule has 0 saturated heterocycles. The van der Waals surface area contributed by atoms with Crippen LogP contribution in [0.15, 0.2) is 48.5 Å². The number of benzene rings is 3. The van der Waals surface area contributed by atoms with E-state index in [0.717, 1.165) is 24.1 Å². The molecule has 1 heterocycles. The van der Waals surface area contributed by atoms with E-state index in [-0.39, 0.29) is 11.5 Å². The summed E-state index contributed by atoms with van der Waals surface area (Å²) in [5.74, 6) is -1.62. The third-order valence-corrected chi connectivity index (χ3v) is 5.57. The zero-order valence-corrected chi connectivity index (χ0v) is 18.5. The van der Waals surface area contributed by atoms with Crippen molar-refractivity contribution in [2.45, 2.75) is 6.42 Å². The highest BCUT2D eigenvalue weighted by atomic mass is 16.4. The average Bonchev–Trinajstić information content (AvgIpc) is 2.80. The summed E-state index contributed by atoms with van der Waals surface area (Å²) in [4.78, 5) is 38.2. The summed E-state index contributed by atoms with van der Waals surface area (Å²) in [5.41, 5.74) is 2.35. The van der Waals surface area contributed by atoms with Crippen LogP contribution in [-0.4, -0.2) is 55.0 Å². The molecule has 1 aliphatic heterocycles. The Hall–Kier alpha value is -3.97. The van der Waals surface area contributed by atoms with Crippen molar-refractivity contribution in [1.29, 1.82) is 0 Å². The van der Waals surface area contributed by atoms with Crippen molar-refractivity contribution < 1.29 is 19.5 Å². The number of fused-ring (bicyclic) bond motifs is 3. The summed E-state index contributed by atoms with van der Waals surface area (Å²) in [7, 11) is 3.99. The lowest BCUT2D eigenvalue weighted by atomic mass is 9.95. The fraction of sp³-hybridized carbons (Fsp3) is 0.192. The molecule has 0 spiro atoms. The van der Waals surface area contributed by atoms with Crippen LogP contribution in [0.1, 0.15) is 27.1 Å². The summed E-state index contributed by atoms with van der Waals surface area (Å²) in [6.45, 7) is 1.49. The fourth-order valence-corrected chi connectivity index (χ4v) is 3.93. The molecule has 7 nitrogen and oxygen atoms in total. The first kappa shape index (κ1) is 22.2. The first-order valence-electron chi connectivity index (χ1n) is 10.6. The molecule has 7 heteroatoms. The number of amides is 2. The van der Waals surface area contributed by atoms with E-state index in [1.165, 1.54) is 18.3 Å². The number of carbonyl (C=O) groups is 3. The predicted molar refractivity (Wildman–Crippen MR) is 127 cm³/mol. The molecule has 1 aliphatic rings. The molecule has 0 fully saturated rings. The summed E-state index contributed by atoms with van der Waals surface area (Å²) in [6, 6.07) is 14.3. The average molecular weight is 442 g/mol. The Kier molecular flexibility index (Phi) is 6.24. The third-order valence-electron chi connectivity index (χ3n) is 5.57. The molecule has 2 N–H and O–H groups in total. The Bertz CT molecular complexity index is 1390. The molecule has 0 aromatic heterocycles. The van der Waals surface area contributed by atoms with Crippen LogP contribution in [0.25, 0.3) is 34.2 Å². The first-order chi connectivity index (χ1) is 15.8. The standard InChI is InChI=1S/C26H24N3O4/c1-29(2)10-4-9-27-25(31)18-6-3-5-16(11-18)17-7-8-20-21(12-17)23-15-28-24(30)14-19(23)13-22(20)26(32)33/h3,5-8,11-15H,4,9-10H2,1-2H3,(H,27,31)(H,32,33). The number of carbonyl (C=O) groups excluding carboxylic acids is 2. The van der Waals surface area contributed by atoms with E-state index < -0.39 is 11.9 Å². The van der Waals surface area contributed by atoms with Crippen LogP contribution in [0.3, 0.4) is 0 Å². The second kappa shape index (κ2) is 9.26. The summed E-state index contributed by atoms with van der Waals surface area (Å²) in [6.07, 6.45) is 3.68. The zero-order valence-electron chi connectivity index (χ0n) is 18.5. The molecule has 3 aromatic carbocycles. The summed E-state index contributed by atoms with van der Waals surface area (Å²) >= 11 is 0. The van der Waals surface area contributed by atoms with Gasteiger partial charge in [0.2, 0.25) is 0 Å². The Morgan fingerprint density at radius 3 is 2.58 bits per heavy atom. The van der Waals surface area contributed by atoms with E-state index in [4.69, 9.17) is 0 Å². The highest BCUT2D eigenvalue weighted by Gasteiger charge is 2.15. The molecule has 4 rings (SSSR count). The van der Waals surface area contributed by atoms with Crippen molar-refractivity contribution in [2.75, 3.05) is 27.2 Å². The highest BCUT2D eigenvalue weighted by Crippen LogP contribution is 2.25. The van der Waals surface area contributed by atoms with Crippen LogP contribution in [0, 0.1) is 0 Å². The number of nitrogens with zero attached hydrogens (tertiary/aromatic N) is 2. The predicted octanol–water partition coefficient (Wildman–Crippen LogP) is 1.55. The van der Waals surface area contributed by atoms with Gasteiger partial charge in [-0.1, -0.05) is 24.3 Å². The van der Waals surface area contributed by atoms with Gasteiger partial charge in [-0.15, -0.1) is 0 Å². The molecule has 0 unspecified atom stereocenters. The van der Waals surface area contributed by atoms with Gasteiger partial charge in [0.25, 0.3) is 11.8 Å². The van der Waals surface area contributed by atoms with Gasteiger partial charge in [-0.25, -0.2) is 10.1 Å². The zero-order chi connectivity index (χ0) is 23.5. The van der Waals surface area contributed by atoms with Crippen molar-refractivity contribution in [2.24, 2.45) is 0 Å². The quantitative estimate of drug-likeness (QED) is 0.541. The maximum absolute atomic E-state index is 12.6. The minimum Gasteiger partial charge on any atom is -0.478 e. The van der Waals surface area contributed by atoms with Crippen molar-refractivity contribution in [3.05, 3.63) is 70.1 Å². The second-order valence-electron chi connectivity index (χ2n) is 8.23. The van der Waals surface area contributed by atoms with Gasteiger partial charge in [0.15, 0.2) is 0 Å². The van der Waals surface area contributed by atoms with Crippen molar-refractivity contribution in [1.82, 2.24) is 15.5 Å². The topological polar surface area (TPSA) is 101 Å². The Morgan fingerprint density at radius 2 is 1.82 bits per heavy atom. The number of carboxylic acid groups (broad SMARTS) is 1. The second-order valence-corrected chi connectivity index (χ2v) is 8.23. The number of nitrogens with one attached hydrogen (secondary N) is 1. The Balaban J connectivity index is 1.72. The summed E-state index contributed by atoms with van der Waals surface area (Å²) in [5, 5.41) is 19.0. The van der Waals surface area contributed by atoms with Crippen molar-refractivity contribution >= 4 is 40.8 Å². The van der Waals surface area contributed by atoms with Crippen LogP contribution >= 0.6 is 0 Å². The maximum Gasteiger partial charge on any atom is 0.336 e. The highest BCUT2D eigenvalue weighted by molar-refractivity contribution is 6.10. The van der Waals surface area contributed by atoms with Crippen molar-refractivity contribution in [3.8, 4) is 11.1 Å². The van der Waals surface area contributed by atoms with E-state index in [0.29, 0.717) is 33.3 Å². The van der Waals surface area contributed by atoms with Gasteiger partial charge < -0.3 is 15.3 Å². The maximum atomic E-state index is 12.6. The number of rotatable bonds is 7. The van der Waals surface area contributed by atoms with Gasteiger partial charge in [0.05, 0.1) is 5.56 Å². The monoisotopic (exact) mass is 442 g/mol. The molecule has 0 aliphatic carbocycles. The Morgan fingerprint density at radius 1 is 1.03 bits per heavy atom. The molecule has 0 bridgehead atoms. The number of carboxylic acids is 1. The van der Waals surface area contributed by atoms with Gasteiger partial charge in [-0.05, 0) is 78.4 Å². The Labute approximate surface area is 191 Å². The molecule has 0 atom stereocenters. The van der Waals surface area contributed by atoms with Gasteiger partial charge in [0.1, 0.15) is 0 Å². The van der Waals surface area contributed by atoms with Gasteiger partial charge in [0, 0.05) is 29.6 Å². The normalized spacial score (nSPS) is 12.5. The van der Waals surface area contributed by atoms with Gasteiger partial charge in [-0.3, -0.25) is 9.59 Å². The van der Waals surface area contributed by atoms with Crippen LogP contribution < -0.4 is 21.1 Å². The lowest BCUT2D eigenvalue weighted by molar-refractivity contribution is -0.114. The van der Waals surface area contributed by atoms with Crippen molar-refractivity contribution in [3.63, 3.8) is 0 Å². The van der Waals surface area contributed by atoms with Crippen LogP contribution in [0.2, 0.25) is 0 Å². The SMILES string of the molecule is CN(C)CCCNC(=O)c1cccc(-c2ccc3c(C(=O)O)cc4c(c3c2)=C[N]C(=O)C=4)c1. The van der Waals surface area contributed by atoms with Gasteiger partial charge >= 0.3 is 5.97 Å². The lowest BCUT2D eigenvalue weighted by Gasteiger charge is -2.12. The van der Waals surface area contributed by atoms with E-state index in [1.807, 2.05) is 44.4 Å². The molecule has 33 heavy (non-hydrogen) atoms. The number of hydrogen-bond acceptors (Lipinski definition) is 4.